The fourth-order valence-electron chi connectivity index (χ4n) is 1.30. The number of sulfonamides is 1. The van der Waals surface area contributed by atoms with Crippen LogP contribution in [-0.2, 0) is 10.0 Å². The van der Waals surface area contributed by atoms with Crippen molar-refractivity contribution in [2.45, 2.75) is 25.7 Å². The highest BCUT2D eigenvalue weighted by atomic mass is 32.2. The zero-order chi connectivity index (χ0) is 13.2. The van der Waals surface area contributed by atoms with Crippen LogP contribution in [-0.4, -0.2) is 31.1 Å². The maximum Gasteiger partial charge on any atom is 0.273 e. The molecule has 4 N–H and O–H groups in total. The van der Waals surface area contributed by atoms with Crippen molar-refractivity contribution < 1.29 is 13.2 Å². The van der Waals surface area contributed by atoms with Crippen LogP contribution in [0.5, 0.6) is 0 Å². The second-order valence-corrected chi connectivity index (χ2v) is 5.67. The van der Waals surface area contributed by atoms with E-state index < -0.39 is 15.9 Å². The molecular formula is C9H16N4O3S. The normalized spacial score (nSPS) is 11.8. The molecule has 0 saturated carbocycles. The van der Waals surface area contributed by atoms with Crippen molar-refractivity contribution in [1.82, 2.24) is 15.5 Å². The average Bonchev–Trinajstić information content (AvgIpc) is 2.55. The van der Waals surface area contributed by atoms with Gasteiger partial charge >= 0.3 is 0 Å². The number of nitrogens with zero attached hydrogens (tertiary/aromatic N) is 1. The van der Waals surface area contributed by atoms with E-state index in [-0.39, 0.29) is 22.2 Å². The summed E-state index contributed by atoms with van der Waals surface area (Å²) in [7, 11) is -3.96. The SMILES string of the molecule is Cc1[nH]nc(C(=O)NCC(C)C)c1S(N)(=O)=O. The maximum atomic E-state index is 11.7. The molecule has 0 saturated heterocycles. The third-order valence-corrected chi connectivity index (χ3v) is 3.13. The molecule has 0 aliphatic heterocycles. The van der Waals surface area contributed by atoms with E-state index in [9.17, 15) is 13.2 Å². The Hall–Kier alpha value is -1.41. The van der Waals surface area contributed by atoms with Gasteiger partial charge in [0.1, 0.15) is 4.90 Å². The molecule has 8 heteroatoms. The number of hydrogen-bond donors (Lipinski definition) is 3. The van der Waals surface area contributed by atoms with Crippen molar-refractivity contribution in [3.8, 4) is 0 Å². The zero-order valence-electron chi connectivity index (χ0n) is 9.94. The fraction of sp³-hybridized carbons (Fsp3) is 0.556. The van der Waals surface area contributed by atoms with E-state index in [1.54, 1.807) is 0 Å². The number of primary sulfonamides is 1. The largest absolute Gasteiger partial charge is 0.350 e. The summed E-state index contributed by atoms with van der Waals surface area (Å²) in [6.07, 6.45) is 0. The van der Waals surface area contributed by atoms with E-state index in [2.05, 4.69) is 15.5 Å². The molecule has 0 radical (unpaired) electrons. The Morgan fingerprint density at radius 2 is 2.12 bits per heavy atom. The molecule has 0 unspecified atom stereocenters. The second-order valence-electron chi connectivity index (χ2n) is 4.18. The van der Waals surface area contributed by atoms with Crippen LogP contribution in [0.4, 0.5) is 0 Å². The summed E-state index contributed by atoms with van der Waals surface area (Å²) < 4.78 is 22.6. The summed E-state index contributed by atoms with van der Waals surface area (Å²) in [6.45, 7) is 5.79. The maximum absolute atomic E-state index is 11.7. The van der Waals surface area contributed by atoms with Crippen LogP contribution in [0.25, 0.3) is 0 Å². The summed E-state index contributed by atoms with van der Waals surface area (Å²) in [5.74, 6) is -0.288. The lowest BCUT2D eigenvalue weighted by atomic mass is 10.2. The molecule has 0 bridgehead atoms. The smallest absolute Gasteiger partial charge is 0.273 e. The highest BCUT2D eigenvalue weighted by molar-refractivity contribution is 7.89. The van der Waals surface area contributed by atoms with Gasteiger partial charge in [0.25, 0.3) is 5.91 Å². The third kappa shape index (κ3) is 3.27. The molecule has 0 spiro atoms. The molecule has 7 nitrogen and oxygen atoms in total. The number of amides is 1. The van der Waals surface area contributed by atoms with Crippen molar-refractivity contribution in [3.63, 3.8) is 0 Å². The van der Waals surface area contributed by atoms with Crippen LogP contribution in [0.15, 0.2) is 4.90 Å². The van der Waals surface area contributed by atoms with Gasteiger partial charge in [-0.25, -0.2) is 13.6 Å². The molecule has 0 atom stereocenters. The minimum Gasteiger partial charge on any atom is -0.350 e. The van der Waals surface area contributed by atoms with Gasteiger partial charge in [0.2, 0.25) is 10.0 Å². The van der Waals surface area contributed by atoms with Crippen molar-refractivity contribution in [2.75, 3.05) is 6.54 Å². The number of rotatable bonds is 4. The van der Waals surface area contributed by atoms with E-state index >= 15 is 0 Å². The molecular weight excluding hydrogens is 244 g/mol. The monoisotopic (exact) mass is 260 g/mol. The first-order valence-electron chi connectivity index (χ1n) is 5.09. The predicted octanol–water partition coefficient (Wildman–Crippen LogP) is -0.249. The molecule has 17 heavy (non-hydrogen) atoms. The Bertz CT molecular complexity index is 518. The fourth-order valence-corrected chi connectivity index (χ4v) is 2.18. The second kappa shape index (κ2) is 4.84. The lowest BCUT2D eigenvalue weighted by molar-refractivity contribution is 0.0940. The number of carbonyl (C=O) groups is 1. The average molecular weight is 260 g/mol. The number of H-pyrrole nitrogens is 1. The number of nitrogens with one attached hydrogen (secondary N) is 2. The lowest BCUT2D eigenvalue weighted by Gasteiger charge is -2.06. The van der Waals surface area contributed by atoms with Crippen LogP contribution in [0.1, 0.15) is 30.0 Å². The van der Waals surface area contributed by atoms with Crippen molar-refractivity contribution in [2.24, 2.45) is 11.1 Å². The summed E-state index contributed by atoms with van der Waals surface area (Å²) in [6, 6.07) is 0. The number of aromatic nitrogens is 2. The zero-order valence-corrected chi connectivity index (χ0v) is 10.8. The number of hydrogen-bond acceptors (Lipinski definition) is 4. The first-order valence-corrected chi connectivity index (χ1v) is 6.64. The topological polar surface area (TPSA) is 118 Å². The minimum absolute atomic E-state index is 0.189. The molecule has 1 aromatic rings. The van der Waals surface area contributed by atoms with E-state index in [1.165, 1.54) is 6.92 Å². The van der Waals surface area contributed by atoms with E-state index in [4.69, 9.17) is 5.14 Å². The molecule has 0 fully saturated rings. The Balaban J connectivity index is 3.04. The summed E-state index contributed by atoms with van der Waals surface area (Å²) in [4.78, 5) is 11.5. The van der Waals surface area contributed by atoms with Crippen molar-refractivity contribution >= 4 is 15.9 Å². The molecule has 0 aliphatic carbocycles. The summed E-state index contributed by atoms with van der Waals surface area (Å²) in [5, 5.41) is 13.7. The van der Waals surface area contributed by atoms with E-state index in [0.29, 0.717) is 6.54 Å². The van der Waals surface area contributed by atoms with Crippen molar-refractivity contribution in [1.29, 1.82) is 0 Å². The lowest BCUT2D eigenvalue weighted by Crippen LogP contribution is -2.29. The number of nitrogens with two attached hydrogens (primary N) is 1. The van der Waals surface area contributed by atoms with Gasteiger partial charge in [0.05, 0.1) is 5.69 Å². The molecule has 96 valence electrons. The number of aryl methyl sites for hydroxylation is 1. The third-order valence-electron chi connectivity index (χ3n) is 2.06. The van der Waals surface area contributed by atoms with E-state index in [1.807, 2.05) is 13.8 Å². The van der Waals surface area contributed by atoms with Crippen molar-refractivity contribution in [3.05, 3.63) is 11.4 Å². The highest BCUT2D eigenvalue weighted by Crippen LogP contribution is 2.15. The van der Waals surface area contributed by atoms with Gasteiger partial charge in [-0.1, -0.05) is 13.8 Å². The molecule has 1 amide bonds. The summed E-state index contributed by atoms with van der Waals surface area (Å²) in [5.41, 5.74) is 0.0628. The van der Waals surface area contributed by atoms with Gasteiger partial charge in [-0.05, 0) is 12.8 Å². The Labute approximate surface area is 99.8 Å². The first-order chi connectivity index (χ1) is 7.73. The van der Waals surface area contributed by atoms with Gasteiger partial charge in [-0.15, -0.1) is 0 Å². The molecule has 1 heterocycles. The predicted molar refractivity (Wildman–Crippen MR) is 61.9 cm³/mol. The highest BCUT2D eigenvalue weighted by Gasteiger charge is 2.25. The molecule has 1 aromatic heterocycles. The van der Waals surface area contributed by atoms with Crippen LogP contribution < -0.4 is 10.5 Å². The Morgan fingerprint density at radius 1 is 1.53 bits per heavy atom. The van der Waals surface area contributed by atoms with Gasteiger partial charge in [0.15, 0.2) is 5.69 Å². The van der Waals surface area contributed by atoms with Gasteiger partial charge in [-0.3, -0.25) is 9.89 Å². The quantitative estimate of drug-likeness (QED) is 0.691. The van der Waals surface area contributed by atoms with Crippen LogP contribution in [0.3, 0.4) is 0 Å². The van der Waals surface area contributed by atoms with Gasteiger partial charge < -0.3 is 5.32 Å². The number of carbonyl (C=O) groups excluding carboxylic acids is 1. The standard InChI is InChI=1S/C9H16N4O3S/c1-5(2)4-11-9(14)7-8(17(10,15)16)6(3)12-13-7/h5H,4H2,1-3H3,(H,11,14)(H,12,13)(H2,10,15,16). The van der Waals surface area contributed by atoms with Crippen LogP contribution in [0, 0.1) is 12.8 Å². The Morgan fingerprint density at radius 3 is 2.59 bits per heavy atom. The molecule has 1 rings (SSSR count). The summed E-state index contributed by atoms with van der Waals surface area (Å²) >= 11 is 0. The first kappa shape index (κ1) is 13.7. The van der Waals surface area contributed by atoms with Gasteiger partial charge in [0, 0.05) is 6.54 Å². The Kier molecular flexibility index (Phi) is 3.89. The van der Waals surface area contributed by atoms with E-state index in [0.717, 1.165) is 0 Å². The minimum atomic E-state index is -3.96. The number of aromatic amines is 1. The van der Waals surface area contributed by atoms with Gasteiger partial charge in [-0.2, -0.15) is 5.10 Å². The van der Waals surface area contributed by atoms with Crippen LogP contribution >= 0.6 is 0 Å². The molecule has 0 aromatic carbocycles. The van der Waals surface area contributed by atoms with Crippen LogP contribution in [0.2, 0.25) is 0 Å². The molecule has 0 aliphatic rings.